The van der Waals surface area contributed by atoms with Crippen molar-refractivity contribution in [1.29, 1.82) is 5.26 Å². The largest absolute Gasteiger partial charge is 0.497 e. The third kappa shape index (κ3) is 2.22. The Morgan fingerprint density at radius 1 is 1.32 bits per heavy atom. The number of aromatic nitrogens is 3. The summed E-state index contributed by atoms with van der Waals surface area (Å²) >= 11 is 0. The fourth-order valence-corrected chi connectivity index (χ4v) is 1.86. The average molecular weight is 258 g/mol. The molecular formula is C13H14N4O2. The SMILES string of the molecule is CCc1c(C#N)nnn1-c1ccc(OC)cc1OC. The minimum Gasteiger partial charge on any atom is -0.497 e. The third-order valence-electron chi connectivity index (χ3n) is 2.82. The van der Waals surface area contributed by atoms with E-state index < -0.39 is 0 Å². The minimum absolute atomic E-state index is 0.334. The Hall–Kier alpha value is -2.55. The number of ether oxygens (including phenoxy) is 2. The summed E-state index contributed by atoms with van der Waals surface area (Å²) in [5, 5.41) is 16.9. The normalized spacial score (nSPS) is 10.0. The van der Waals surface area contributed by atoms with Crippen molar-refractivity contribution in [2.75, 3.05) is 14.2 Å². The van der Waals surface area contributed by atoms with E-state index >= 15 is 0 Å². The zero-order chi connectivity index (χ0) is 13.8. The number of benzene rings is 1. The number of nitriles is 1. The Balaban J connectivity index is 2.59. The van der Waals surface area contributed by atoms with Crippen LogP contribution in [0.1, 0.15) is 18.3 Å². The van der Waals surface area contributed by atoms with Crippen molar-refractivity contribution in [3.05, 3.63) is 29.6 Å². The van der Waals surface area contributed by atoms with Crippen molar-refractivity contribution in [3.63, 3.8) is 0 Å². The molecule has 0 atom stereocenters. The van der Waals surface area contributed by atoms with Crippen LogP contribution in [0.15, 0.2) is 18.2 Å². The van der Waals surface area contributed by atoms with Gasteiger partial charge in [-0.1, -0.05) is 12.1 Å². The molecule has 6 heteroatoms. The van der Waals surface area contributed by atoms with Crippen molar-refractivity contribution < 1.29 is 9.47 Å². The molecule has 98 valence electrons. The molecule has 0 spiro atoms. The summed E-state index contributed by atoms with van der Waals surface area (Å²) in [6, 6.07) is 7.44. The second-order valence-corrected chi connectivity index (χ2v) is 3.80. The highest BCUT2D eigenvalue weighted by molar-refractivity contribution is 5.51. The second kappa shape index (κ2) is 5.40. The highest BCUT2D eigenvalue weighted by atomic mass is 16.5. The molecule has 0 aliphatic carbocycles. The maximum Gasteiger partial charge on any atom is 0.186 e. The average Bonchev–Trinajstić information content (AvgIpc) is 2.89. The van der Waals surface area contributed by atoms with E-state index in [1.807, 2.05) is 25.1 Å². The Morgan fingerprint density at radius 3 is 2.68 bits per heavy atom. The summed E-state index contributed by atoms with van der Waals surface area (Å²) in [7, 11) is 3.17. The van der Waals surface area contributed by atoms with Crippen molar-refractivity contribution in [1.82, 2.24) is 15.0 Å². The molecule has 0 unspecified atom stereocenters. The molecule has 1 heterocycles. The van der Waals surface area contributed by atoms with Crippen LogP contribution in [-0.2, 0) is 6.42 Å². The quantitative estimate of drug-likeness (QED) is 0.834. The molecule has 0 bridgehead atoms. The van der Waals surface area contributed by atoms with Crippen molar-refractivity contribution >= 4 is 0 Å². The summed E-state index contributed by atoms with van der Waals surface area (Å²) in [5.74, 6) is 1.31. The molecule has 6 nitrogen and oxygen atoms in total. The zero-order valence-electron chi connectivity index (χ0n) is 11.0. The predicted molar refractivity (Wildman–Crippen MR) is 68.6 cm³/mol. The molecule has 0 N–H and O–H groups in total. The lowest BCUT2D eigenvalue weighted by Crippen LogP contribution is -2.04. The smallest absolute Gasteiger partial charge is 0.186 e. The van der Waals surface area contributed by atoms with Crippen molar-refractivity contribution in [2.24, 2.45) is 0 Å². The molecule has 0 radical (unpaired) electrons. The Kier molecular flexibility index (Phi) is 3.66. The van der Waals surface area contributed by atoms with Gasteiger partial charge in [0.15, 0.2) is 5.69 Å². The van der Waals surface area contributed by atoms with Crippen LogP contribution in [-0.4, -0.2) is 29.2 Å². The summed E-state index contributed by atoms with van der Waals surface area (Å²) in [6.45, 7) is 1.95. The van der Waals surface area contributed by atoms with E-state index in [9.17, 15) is 0 Å². The molecule has 1 aromatic carbocycles. The Morgan fingerprint density at radius 2 is 2.11 bits per heavy atom. The maximum absolute atomic E-state index is 9.00. The number of hydrogen-bond acceptors (Lipinski definition) is 5. The van der Waals surface area contributed by atoms with Gasteiger partial charge in [0.05, 0.1) is 19.9 Å². The molecule has 0 fully saturated rings. The van der Waals surface area contributed by atoms with E-state index in [0.717, 1.165) is 11.4 Å². The molecule has 0 saturated heterocycles. The molecule has 0 amide bonds. The first-order chi connectivity index (χ1) is 9.24. The van der Waals surface area contributed by atoms with Gasteiger partial charge in [0.2, 0.25) is 0 Å². The highest BCUT2D eigenvalue weighted by Crippen LogP contribution is 2.28. The van der Waals surface area contributed by atoms with E-state index in [-0.39, 0.29) is 0 Å². The lowest BCUT2D eigenvalue weighted by atomic mass is 10.2. The topological polar surface area (TPSA) is 73.0 Å². The van der Waals surface area contributed by atoms with Crippen LogP contribution in [0.5, 0.6) is 11.5 Å². The van der Waals surface area contributed by atoms with Gasteiger partial charge in [-0.25, -0.2) is 4.68 Å². The molecular weight excluding hydrogens is 244 g/mol. The molecule has 2 rings (SSSR count). The van der Waals surface area contributed by atoms with Gasteiger partial charge in [-0.3, -0.25) is 0 Å². The molecule has 19 heavy (non-hydrogen) atoms. The first kappa shape index (κ1) is 12.9. The molecule has 0 aliphatic rings. The van der Waals surface area contributed by atoms with E-state index in [2.05, 4.69) is 10.3 Å². The van der Waals surface area contributed by atoms with Gasteiger partial charge < -0.3 is 9.47 Å². The van der Waals surface area contributed by atoms with Gasteiger partial charge in [0.1, 0.15) is 23.3 Å². The molecule has 2 aromatic rings. The lowest BCUT2D eigenvalue weighted by molar-refractivity contribution is 0.392. The standard InChI is InChI=1S/C13H14N4O2/c1-4-11-10(8-14)15-16-17(11)12-6-5-9(18-2)7-13(12)19-3/h5-7H,4H2,1-3H3. The van der Waals surface area contributed by atoms with Crippen LogP contribution < -0.4 is 9.47 Å². The van der Waals surface area contributed by atoms with Gasteiger partial charge in [-0.15, -0.1) is 5.10 Å². The summed E-state index contributed by atoms with van der Waals surface area (Å²) in [5.41, 5.74) is 1.82. The van der Waals surface area contributed by atoms with Gasteiger partial charge in [0.25, 0.3) is 0 Å². The Labute approximate surface area is 111 Å². The van der Waals surface area contributed by atoms with E-state index in [1.165, 1.54) is 0 Å². The fourth-order valence-electron chi connectivity index (χ4n) is 1.86. The van der Waals surface area contributed by atoms with Crippen molar-refractivity contribution in [3.8, 4) is 23.3 Å². The van der Waals surface area contributed by atoms with E-state index in [0.29, 0.717) is 23.6 Å². The van der Waals surface area contributed by atoms with Crippen LogP contribution >= 0.6 is 0 Å². The summed E-state index contributed by atoms with van der Waals surface area (Å²) in [6.07, 6.45) is 0.658. The first-order valence-electron chi connectivity index (χ1n) is 5.82. The second-order valence-electron chi connectivity index (χ2n) is 3.80. The van der Waals surface area contributed by atoms with Crippen LogP contribution in [0.4, 0.5) is 0 Å². The van der Waals surface area contributed by atoms with Crippen LogP contribution in [0.25, 0.3) is 5.69 Å². The van der Waals surface area contributed by atoms with E-state index in [1.54, 1.807) is 25.0 Å². The minimum atomic E-state index is 0.334. The first-order valence-corrected chi connectivity index (χ1v) is 5.82. The molecule has 0 aliphatic heterocycles. The monoisotopic (exact) mass is 258 g/mol. The molecule has 0 saturated carbocycles. The summed E-state index contributed by atoms with van der Waals surface area (Å²) in [4.78, 5) is 0. The van der Waals surface area contributed by atoms with Gasteiger partial charge >= 0.3 is 0 Å². The number of rotatable bonds is 4. The lowest BCUT2D eigenvalue weighted by Gasteiger charge is -2.11. The molecule has 1 aromatic heterocycles. The highest BCUT2D eigenvalue weighted by Gasteiger charge is 2.15. The van der Waals surface area contributed by atoms with Gasteiger partial charge in [-0.05, 0) is 18.6 Å². The van der Waals surface area contributed by atoms with Gasteiger partial charge in [0, 0.05) is 6.07 Å². The summed E-state index contributed by atoms with van der Waals surface area (Å²) < 4.78 is 12.1. The van der Waals surface area contributed by atoms with E-state index in [4.69, 9.17) is 14.7 Å². The number of nitrogens with zero attached hydrogens (tertiary/aromatic N) is 4. The third-order valence-corrected chi connectivity index (χ3v) is 2.82. The zero-order valence-corrected chi connectivity index (χ0v) is 11.0. The Bertz CT molecular complexity index is 628. The van der Waals surface area contributed by atoms with Crippen LogP contribution in [0.3, 0.4) is 0 Å². The maximum atomic E-state index is 9.00. The predicted octanol–water partition coefficient (Wildman–Crippen LogP) is 1.72. The number of hydrogen-bond donors (Lipinski definition) is 0. The van der Waals surface area contributed by atoms with Crippen molar-refractivity contribution in [2.45, 2.75) is 13.3 Å². The number of methoxy groups -OCH3 is 2. The van der Waals surface area contributed by atoms with Crippen LogP contribution in [0.2, 0.25) is 0 Å². The van der Waals surface area contributed by atoms with Gasteiger partial charge in [-0.2, -0.15) is 5.26 Å². The fraction of sp³-hybridized carbons (Fsp3) is 0.308. The van der Waals surface area contributed by atoms with Crippen LogP contribution in [0, 0.1) is 11.3 Å².